The minimum Gasteiger partial charge on any atom is -0.298 e. The van der Waals surface area contributed by atoms with Crippen LogP contribution in [-0.2, 0) is 0 Å². The molecule has 0 atom stereocenters. The van der Waals surface area contributed by atoms with Crippen LogP contribution in [0.1, 0.15) is 10.4 Å². The molecule has 0 radical (unpaired) electrons. The summed E-state index contributed by atoms with van der Waals surface area (Å²) in [5, 5.41) is 35.1. The third kappa shape index (κ3) is 3.67. The summed E-state index contributed by atoms with van der Waals surface area (Å²) in [6.45, 7) is 0. The van der Waals surface area contributed by atoms with Gasteiger partial charge in [0.2, 0.25) is 0 Å². The number of non-ortho nitro benzene ring substituents is 3. The number of carbonyl (C=O) groups excluding carboxylic acids is 1. The molecule has 1 aromatic heterocycles. The third-order valence-electron chi connectivity index (χ3n) is 3.39. The highest BCUT2D eigenvalue weighted by Gasteiger charge is 2.21. The number of nitrogens with zero attached hydrogens (tertiary/aromatic N) is 4. The first kappa shape index (κ1) is 17.8. The first-order valence-electron chi connectivity index (χ1n) is 7.05. The average Bonchev–Trinajstić information content (AvgIpc) is 3.02. The molecule has 136 valence electrons. The molecule has 0 saturated carbocycles. The summed E-state index contributed by atoms with van der Waals surface area (Å²) >= 11 is 0.958. The second-order valence-electron chi connectivity index (χ2n) is 5.13. The van der Waals surface area contributed by atoms with Crippen LogP contribution in [0.4, 0.5) is 22.2 Å². The van der Waals surface area contributed by atoms with Gasteiger partial charge in [-0.05, 0) is 6.07 Å². The van der Waals surface area contributed by atoms with Crippen LogP contribution in [0.2, 0.25) is 0 Å². The molecule has 0 aliphatic rings. The number of hydrogen-bond acceptors (Lipinski definition) is 9. The van der Waals surface area contributed by atoms with Gasteiger partial charge in [0.15, 0.2) is 5.13 Å². The molecule has 0 bridgehead atoms. The molecule has 1 N–H and O–H groups in total. The molecule has 1 heterocycles. The van der Waals surface area contributed by atoms with Gasteiger partial charge in [0, 0.05) is 24.3 Å². The number of fused-ring (bicyclic) bond motifs is 1. The number of nitrogens with one attached hydrogen (secondary N) is 1. The molecular weight excluding hydrogens is 382 g/mol. The van der Waals surface area contributed by atoms with Crippen molar-refractivity contribution < 1.29 is 19.6 Å². The number of nitro benzene ring substituents is 3. The van der Waals surface area contributed by atoms with E-state index in [4.69, 9.17) is 0 Å². The van der Waals surface area contributed by atoms with E-state index >= 15 is 0 Å². The molecule has 0 aliphatic heterocycles. The van der Waals surface area contributed by atoms with Crippen molar-refractivity contribution >= 4 is 49.7 Å². The van der Waals surface area contributed by atoms with Crippen molar-refractivity contribution in [2.45, 2.75) is 0 Å². The van der Waals surface area contributed by atoms with E-state index in [2.05, 4.69) is 10.3 Å². The Morgan fingerprint density at radius 3 is 2.04 bits per heavy atom. The second-order valence-corrected chi connectivity index (χ2v) is 6.17. The molecule has 2 aromatic carbocycles. The summed E-state index contributed by atoms with van der Waals surface area (Å²) in [5.74, 6) is -0.838. The van der Waals surface area contributed by atoms with E-state index in [-0.39, 0.29) is 16.4 Å². The van der Waals surface area contributed by atoms with Gasteiger partial charge < -0.3 is 0 Å². The number of carbonyl (C=O) groups is 1. The molecule has 0 aliphatic carbocycles. The Kier molecular flexibility index (Phi) is 4.43. The highest BCUT2D eigenvalue weighted by molar-refractivity contribution is 7.22. The third-order valence-corrected chi connectivity index (χ3v) is 4.32. The monoisotopic (exact) mass is 389 g/mol. The normalized spacial score (nSPS) is 10.5. The van der Waals surface area contributed by atoms with Crippen LogP contribution in [0.15, 0.2) is 36.4 Å². The molecule has 1 amide bonds. The van der Waals surface area contributed by atoms with Crippen molar-refractivity contribution in [2.75, 3.05) is 5.32 Å². The first-order chi connectivity index (χ1) is 12.7. The van der Waals surface area contributed by atoms with Crippen molar-refractivity contribution in [3.05, 3.63) is 72.3 Å². The van der Waals surface area contributed by atoms with Gasteiger partial charge in [-0.2, -0.15) is 0 Å². The van der Waals surface area contributed by atoms with Crippen LogP contribution in [0.3, 0.4) is 0 Å². The number of rotatable bonds is 5. The number of nitro groups is 3. The summed E-state index contributed by atoms with van der Waals surface area (Å²) in [5.41, 5.74) is -1.23. The predicted molar refractivity (Wildman–Crippen MR) is 94.0 cm³/mol. The zero-order valence-electron chi connectivity index (χ0n) is 13.0. The maximum absolute atomic E-state index is 12.3. The van der Waals surface area contributed by atoms with Gasteiger partial charge >= 0.3 is 0 Å². The Morgan fingerprint density at radius 2 is 1.48 bits per heavy atom. The summed E-state index contributed by atoms with van der Waals surface area (Å²) in [6, 6.07) is 6.52. The molecule has 3 rings (SSSR count). The van der Waals surface area contributed by atoms with Gasteiger partial charge in [0.05, 0.1) is 36.6 Å². The van der Waals surface area contributed by atoms with E-state index < -0.39 is 32.1 Å². The van der Waals surface area contributed by atoms with E-state index in [0.717, 1.165) is 29.5 Å². The van der Waals surface area contributed by atoms with Crippen LogP contribution in [0, 0.1) is 30.3 Å². The predicted octanol–water partition coefficient (Wildman–Crippen LogP) is 3.27. The summed E-state index contributed by atoms with van der Waals surface area (Å²) in [4.78, 5) is 46.7. The average molecular weight is 389 g/mol. The molecule has 27 heavy (non-hydrogen) atoms. The van der Waals surface area contributed by atoms with Crippen molar-refractivity contribution in [3.63, 3.8) is 0 Å². The van der Waals surface area contributed by atoms with Crippen LogP contribution >= 0.6 is 11.3 Å². The second kappa shape index (κ2) is 6.72. The van der Waals surface area contributed by atoms with Crippen molar-refractivity contribution in [1.29, 1.82) is 0 Å². The Morgan fingerprint density at radius 1 is 0.889 bits per heavy atom. The molecule has 13 heteroatoms. The van der Waals surface area contributed by atoms with E-state index in [9.17, 15) is 35.1 Å². The first-order valence-corrected chi connectivity index (χ1v) is 7.86. The lowest BCUT2D eigenvalue weighted by molar-refractivity contribution is -0.394. The van der Waals surface area contributed by atoms with Crippen LogP contribution in [0.25, 0.3) is 10.2 Å². The quantitative estimate of drug-likeness (QED) is 0.511. The highest BCUT2D eigenvalue weighted by atomic mass is 32.1. The van der Waals surface area contributed by atoms with Gasteiger partial charge in [0.1, 0.15) is 0 Å². The number of benzene rings is 2. The fourth-order valence-electron chi connectivity index (χ4n) is 2.19. The minimum atomic E-state index is -0.847. The van der Waals surface area contributed by atoms with Gasteiger partial charge in [-0.3, -0.25) is 40.5 Å². The molecular formula is C14H7N5O7S. The molecule has 0 saturated heterocycles. The fraction of sp³-hybridized carbons (Fsp3) is 0. The number of amides is 1. The highest BCUT2D eigenvalue weighted by Crippen LogP contribution is 2.30. The molecule has 0 unspecified atom stereocenters. The van der Waals surface area contributed by atoms with E-state index in [1.807, 2.05) is 0 Å². The van der Waals surface area contributed by atoms with Gasteiger partial charge in [-0.25, -0.2) is 4.98 Å². The molecule has 3 aromatic rings. The molecule has 0 spiro atoms. The molecule has 0 fully saturated rings. The van der Waals surface area contributed by atoms with E-state index in [1.54, 1.807) is 0 Å². The molecule has 12 nitrogen and oxygen atoms in total. The topological polar surface area (TPSA) is 171 Å². The fourth-order valence-corrected chi connectivity index (χ4v) is 3.08. The maximum atomic E-state index is 12.3. The number of aromatic nitrogens is 1. The summed E-state index contributed by atoms with van der Waals surface area (Å²) in [6.07, 6.45) is 0. The Bertz CT molecular complexity index is 1090. The van der Waals surface area contributed by atoms with E-state index in [1.165, 1.54) is 18.2 Å². The van der Waals surface area contributed by atoms with Crippen molar-refractivity contribution in [2.24, 2.45) is 0 Å². The van der Waals surface area contributed by atoms with Gasteiger partial charge in [-0.1, -0.05) is 11.3 Å². The van der Waals surface area contributed by atoms with E-state index in [0.29, 0.717) is 10.2 Å². The van der Waals surface area contributed by atoms with Gasteiger partial charge in [-0.15, -0.1) is 0 Å². The van der Waals surface area contributed by atoms with Crippen LogP contribution in [0.5, 0.6) is 0 Å². The largest absolute Gasteiger partial charge is 0.298 e. The lowest BCUT2D eigenvalue weighted by Gasteiger charge is -2.02. The summed E-state index contributed by atoms with van der Waals surface area (Å²) < 4.78 is 0.449. The smallest absolute Gasteiger partial charge is 0.277 e. The zero-order chi connectivity index (χ0) is 19.7. The lowest BCUT2D eigenvalue weighted by atomic mass is 10.1. The Hall–Kier alpha value is -4.00. The van der Waals surface area contributed by atoms with Gasteiger partial charge in [0.25, 0.3) is 23.0 Å². The van der Waals surface area contributed by atoms with Crippen molar-refractivity contribution in [3.8, 4) is 0 Å². The van der Waals surface area contributed by atoms with Crippen LogP contribution < -0.4 is 5.32 Å². The zero-order valence-corrected chi connectivity index (χ0v) is 13.8. The summed E-state index contributed by atoms with van der Waals surface area (Å²) in [7, 11) is 0. The lowest BCUT2D eigenvalue weighted by Crippen LogP contribution is -2.12. The number of anilines is 1. The Balaban J connectivity index is 1.93. The SMILES string of the molecule is O=C(Nc1nc2ccc([N+](=O)[O-])cc2s1)c1cc([N+](=O)[O-])cc([N+](=O)[O-])c1. The standard InChI is InChI=1S/C14H7N5O7S/c20-13(7-3-9(18(23)24)5-10(4-7)19(25)26)16-14-15-11-2-1-8(17(21)22)6-12(11)27-14/h1-6H,(H,15,16,20). The Labute approximate surface area is 152 Å². The number of hydrogen-bond donors (Lipinski definition) is 1. The minimum absolute atomic E-state index is 0.0876. The van der Waals surface area contributed by atoms with Crippen molar-refractivity contribution in [1.82, 2.24) is 4.98 Å². The van der Waals surface area contributed by atoms with Crippen LogP contribution in [-0.4, -0.2) is 25.7 Å². The maximum Gasteiger partial charge on any atom is 0.277 e. The number of thiazole rings is 1.